The van der Waals surface area contributed by atoms with Crippen LogP contribution in [0.4, 0.5) is 10.5 Å². The van der Waals surface area contributed by atoms with Crippen molar-refractivity contribution in [3.05, 3.63) is 42.7 Å². The molecule has 3 N–H and O–H groups in total. The topological polar surface area (TPSA) is 93.3 Å². The monoisotopic (exact) mass is 327 g/mol. The van der Waals surface area contributed by atoms with Crippen LogP contribution in [-0.4, -0.2) is 39.2 Å². The van der Waals surface area contributed by atoms with Crippen LogP contribution in [0, 0.1) is 5.92 Å². The number of likely N-dealkylation sites (tertiary alicyclic amines) is 1. The van der Waals surface area contributed by atoms with Crippen LogP contribution in [0.5, 0.6) is 0 Å². The molecule has 3 amide bonds. The van der Waals surface area contributed by atoms with Gasteiger partial charge >= 0.3 is 6.03 Å². The van der Waals surface area contributed by atoms with Crippen LogP contribution >= 0.6 is 0 Å². The lowest BCUT2D eigenvalue weighted by molar-refractivity contribution is -0.123. The summed E-state index contributed by atoms with van der Waals surface area (Å²) in [6.45, 7) is 2.35. The number of rotatable bonds is 3. The van der Waals surface area contributed by atoms with Crippen LogP contribution in [0.2, 0.25) is 0 Å². The van der Waals surface area contributed by atoms with Crippen LogP contribution < -0.4 is 11.1 Å². The van der Waals surface area contributed by atoms with Gasteiger partial charge in [-0.1, -0.05) is 0 Å². The molecule has 126 valence electrons. The van der Waals surface area contributed by atoms with Crippen LogP contribution in [0.1, 0.15) is 19.8 Å². The minimum absolute atomic E-state index is 0.0870. The molecule has 24 heavy (non-hydrogen) atoms. The third-order valence-electron chi connectivity index (χ3n) is 4.43. The fraction of sp³-hybridized carbons (Fsp3) is 0.353. The normalized spacial score (nSPS) is 20.6. The van der Waals surface area contributed by atoms with E-state index in [9.17, 15) is 9.59 Å². The van der Waals surface area contributed by atoms with E-state index in [0.29, 0.717) is 12.2 Å². The predicted molar refractivity (Wildman–Crippen MR) is 90.7 cm³/mol. The third kappa shape index (κ3) is 3.40. The number of urea groups is 1. The van der Waals surface area contributed by atoms with Crippen molar-refractivity contribution in [2.24, 2.45) is 11.7 Å². The van der Waals surface area contributed by atoms with Gasteiger partial charge in [-0.15, -0.1) is 0 Å². The molecule has 1 aromatic heterocycles. The first-order chi connectivity index (χ1) is 11.5. The quantitative estimate of drug-likeness (QED) is 0.903. The molecule has 7 heteroatoms. The zero-order valence-corrected chi connectivity index (χ0v) is 13.6. The molecule has 0 bridgehead atoms. The van der Waals surface area contributed by atoms with E-state index in [4.69, 9.17) is 5.73 Å². The largest absolute Gasteiger partial charge is 0.369 e. The van der Waals surface area contributed by atoms with Crippen molar-refractivity contribution in [3.8, 4) is 5.69 Å². The number of nitrogens with two attached hydrogens (primary N) is 1. The molecule has 0 radical (unpaired) electrons. The van der Waals surface area contributed by atoms with Crippen molar-refractivity contribution in [2.75, 3.05) is 11.9 Å². The molecule has 0 saturated carbocycles. The number of aromatic nitrogens is 2. The van der Waals surface area contributed by atoms with Gasteiger partial charge in [-0.2, -0.15) is 5.10 Å². The first-order valence-electron chi connectivity index (χ1n) is 8.01. The third-order valence-corrected chi connectivity index (χ3v) is 4.43. The Balaban J connectivity index is 1.66. The van der Waals surface area contributed by atoms with Gasteiger partial charge in [-0.25, -0.2) is 9.48 Å². The van der Waals surface area contributed by atoms with Crippen molar-refractivity contribution in [1.29, 1.82) is 0 Å². The molecule has 1 aliphatic heterocycles. The second-order valence-electron chi connectivity index (χ2n) is 6.11. The second kappa shape index (κ2) is 6.74. The van der Waals surface area contributed by atoms with Crippen LogP contribution in [0.3, 0.4) is 0 Å². The van der Waals surface area contributed by atoms with E-state index in [1.807, 2.05) is 43.5 Å². The summed E-state index contributed by atoms with van der Waals surface area (Å²) in [7, 11) is 0. The summed E-state index contributed by atoms with van der Waals surface area (Å²) in [5, 5.41) is 7.04. The number of nitrogens with zero attached hydrogens (tertiary/aromatic N) is 3. The van der Waals surface area contributed by atoms with Gasteiger partial charge in [0, 0.05) is 30.7 Å². The van der Waals surface area contributed by atoms with Gasteiger partial charge in [-0.3, -0.25) is 4.79 Å². The molecule has 0 aliphatic carbocycles. The molecule has 7 nitrogen and oxygen atoms in total. The summed E-state index contributed by atoms with van der Waals surface area (Å²) >= 11 is 0. The summed E-state index contributed by atoms with van der Waals surface area (Å²) in [6.07, 6.45) is 5.08. The lowest BCUT2D eigenvalue weighted by Gasteiger charge is -2.36. The van der Waals surface area contributed by atoms with E-state index in [1.165, 1.54) is 0 Å². The molecular formula is C17H21N5O2. The highest BCUT2D eigenvalue weighted by Crippen LogP contribution is 2.23. The van der Waals surface area contributed by atoms with Gasteiger partial charge in [0.05, 0.1) is 11.6 Å². The lowest BCUT2D eigenvalue weighted by atomic mass is 9.93. The Bertz CT molecular complexity index is 711. The zero-order valence-electron chi connectivity index (χ0n) is 13.6. The average Bonchev–Trinajstić information content (AvgIpc) is 3.10. The number of nitrogens with one attached hydrogen (secondary N) is 1. The van der Waals surface area contributed by atoms with Crippen molar-refractivity contribution < 1.29 is 9.59 Å². The highest BCUT2D eigenvalue weighted by molar-refractivity contribution is 5.90. The Labute approximate surface area is 140 Å². The highest BCUT2D eigenvalue weighted by Gasteiger charge is 2.31. The van der Waals surface area contributed by atoms with E-state index < -0.39 is 0 Å². The molecule has 0 spiro atoms. The van der Waals surface area contributed by atoms with Crippen LogP contribution in [-0.2, 0) is 4.79 Å². The second-order valence-corrected chi connectivity index (χ2v) is 6.11. The highest BCUT2D eigenvalue weighted by atomic mass is 16.2. The maximum absolute atomic E-state index is 12.5. The van der Waals surface area contributed by atoms with E-state index in [-0.39, 0.29) is 23.9 Å². The average molecular weight is 327 g/mol. The summed E-state index contributed by atoms with van der Waals surface area (Å²) in [5.41, 5.74) is 7.00. The molecule has 1 fully saturated rings. The minimum Gasteiger partial charge on any atom is -0.369 e. The van der Waals surface area contributed by atoms with Crippen LogP contribution in [0.25, 0.3) is 5.69 Å². The van der Waals surface area contributed by atoms with Gasteiger partial charge < -0.3 is 16.0 Å². The number of carbonyl (C=O) groups excluding carboxylic acids is 2. The number of hydrogen-bond donors (Lipinski definition) is 2. The first-order valence-corrected chi connectivity index (χ1v) is 8.01. The van der Waals surface area contributed by atoms with Gasteiger partial charge in [0.2, 0.25) is 5.91 Å². The Kier molecular flexibility index (Phi) is 4.50. The Hall–Kier alpha value is -2.83. The summed E-state index contributed by atoms with van der Waals surface area (Å²) in [4.78, 5) is 25.6. The number of carbonyl (C=O) groups is 2. The van der Waals surface area contributed by atoms with E-state index in [0.717, 1.165) is 18.5 Å². The predicted octanol–water partition coefficient (Wildman–Crippen LogP) is 1.99. The molecular weight excluding hydrogens is 306 g/mol. The van der Waals surface area contributed by atoms with Crippen LogP contribution in [0.15, 0.2) is 42.7 Å². The number of piperidine rings is 1. The lowest BCUT2D eigenvalue weighted by Crippen LogP contribution is -2.50. The summed E-state index contributed by atoms with van der Waals surface area (Å²) in [5.74, 6) is -0.614. The zero-order chi connectivity index (χ0) is 17.1. The van der Waals surface area contributed by atoms with E-state index >= 15 is 0 Å². The summed E-state index contributed by atoms with van der Waals surface area (Å²) < 4.78 is 1.75. The minimum atomic E-state index is -0.344. The molecule has 0 unspecified atom stereocenters. The Morgan fingerprint density at radius 1 is 1.25 bits per heavy atom. The maximum Gasteiger partial charge on any atom is 0.322 e. The fourth-order valence-corrected chi connectivity index (χ4v) is 2.94. The van der Waals surface area contributed by atoms with Crippen molar-refractivity contribution in [1.82, 2.24) is 14.7 Å². The van der Waals surface area contributed by atoms with Gasteiger partial charge in [-0.05, 0) is 50.1 Å². The van der Waals surface area contributed by atoms with Gasteiger partial charge in [0.15, 0.2) is 0 Å². The molecule has 3 rings (SSSR count). The Morgan fingerprint density at radius 3 is 2.62 bits per heavy atom. The van der Waals surface area contributed by atoms with Gasteiger partial charge in [0.25, 0.3) is 0 Å². The number of hydrogen-bond acceptors (Lipinski definition) is 3. The molecule has 2 heterocycles. The van der Waals surface area contributed by atoms with E-state index in [2.05, 4.69) is 10.4 Å². The number of benzene rings is 1. The number of primary amides is 1. The van der Waals surface area contributed by atoms with Crippen molar-refractivity contribution >= 4 is 17.6 Å². The molecule has 1 aliphatic rings. The standard InChI is InChI=1S/C17H21N5O2/c1-12-3-4-13(16(18)23)11-21(12)17(24)20-14-5-7-15(8-6-14)22-10-2-9-19-22/h2,5-10,12-13H,3-4,11H2,1H3,(H2,18,23)(H,20,24)/t12-,13+/m1/s1. The molecule has 1 aromatic carbocycles. The SMILES string of the molecule is C[C@@H]1CC[C@H](C(N)=O)CN1C(=O)Nc1ccc(-n2cccn2)cc1. The smallest absolute Gasteiger partial charge is 0.322 e. The van der Waals surface area contributed by atoms with Gasteiger partial charge in [0.1, 0.15) is 0 Å². The molecule has 2 atom stereocenters. The summed E-state index contributed by atoms with van der Waals surface area (Å²) in [6, 6.07) is 9.15. The fourth-order valence-electron chi connectivity index (χ4n) is 2.94. The van der Waals surface area contributed by atoms with Crippen molar-refractivity contribution in [3.63, 3.8) is 0 Å². The number of anilines is 1. The first kappa shape index (κ1) is 16.0. The molecule has 1 saturated heterocycles. The molecule has 2 aromatic rings. The number of amides is 3. The Morgan fingerprint density at radius 2 is 2.00 bits per heavy atom. The maximum atomic E-state index is 12.5. The van der Waals surface area contributed by atoms with Crippen molar-refractivity contribution in [2.45, 2.75) is 25.8 Å². The van der Waals surface area contributed by atoms with E-state index in [1.54, 1.807) is 15.8 Å².